The van der Waals surface area contributed by atoms with Crippen LogP contribution in [0, 0.1) is 6.92 Å². The van der Waals surface area contributed by atoms with Crippen LogP contribution in [0.1, 0.15) is 29.5 Å². The summed E-state index contributed by atoms with van der Waals surface area (Å²) < 4.78 is 85.7. The van der Waals surface area contributed by atoms with Crippen LogP contribution in [0.4, 0.5) is 26.3 Å². The Kier molecular flexibility index (Phi) is 14.7. The molecule has 0 saturated heterocycles. The lowest BCUT2D eigenvalue weighted by Crippen LogP contribution is -2.27. The number of benzene rings is 4. The Bertz CT molecular complexity index is 1620. The van der Waals surface area contributed by atoms with Gasteiger partial charge in [0.15, 0.2) is 12.2 Å². The lowest BCUT2D eigenvalue weighted by atomic mass is 10.2. The number of rotatable bonds is 14. The molecule has 4 aromatic rings. The van der Waals surface area contributed by atoms with Crippen molar-refractivity contribution in [3.05, 3.63) is 120 Å². The summed E-state index contributed by atoms with van der Waals surface area (Å²) >= 11 is 3.01. The number of aryl methyl sites for hydroxylation is 1. The molecule has 0 amide bonds. The minimum atomic E-state index is -4.44. The molecule has 2 atom stereocenters. The predicted octanol–water partition coefficient (Wildman–Crippen LogP) is 9.75. The second kappa shape index (κ2) is 18.5. The zero-order valence-corrected chi connectivity index (χ0v) is 27.5. The van der Waals surface area contributed by atoms with E-state index in [1.807, 2.05) is 61.5 Å². The molecular formula is C35H32F6O6S2. The molecule has 0 bridgehead atoms. The van der Waals surface area contributed by atoms with Gasteiger partial charge < -0.3 is 19.7 Å². The fourth-order valence-corrected chi connectivity index (χ4v) is 5.97. The SMILES string of the molecule is Cc1ccccc1SCC[C@H](Oc1ccc(C(F)(F)F)cc1)C(=O)O.O=C(O)C(CCSc1ccccc1)Oc1ccc(C(F)(F)F)cc1. The third kappa shape index (κ3) is 13.6. The summed E-state index contributed by atoms with van der Waals surface area (Å²) in [6.45, 7) is 1.97. The highest BCUT2D eigenvalue weighted by atomic mass is 32.2. The molecule has 0 aliphatic heterocycles. The van der Waals surface area contributed by atoms with Crippen LogP contribution in [-0.4, -0.2) is 45.9 Å². The fourth-order valence-electron chi connectivity index (χ4n) is 4.03. The summed E-state index contributed by atoms with van der Waals surface area (Å²) in [5, 5.41) is 18.5. The maximum atomic E-state index is 12.5. The van der Waals surface area contributed by atoms with Crippen molar-refractivity contribution in [2.45, 2.75) is 54.1 Å². The molecule has 1 unspecified atom stereocenters. The summed E-state index contributed by atoms with van der Waals surface area (Å²) in [7, 11) is 0. The zero-order valence-electron chi connectivity index (χ0n) is 25.9. The number of aliphatic carboxylic acids is 2. The average Bonchev–Trinajstić information content (AvgIpc) is 3.05. The maximum Gasteiger partial charge on any atom is 0.416 e. The van der Waals surface area contributed by atoms with Crippen LogP contribution in [0.25, 0.3) is 0 Å². The van der Waals surface area contributed by atoms with Gasteiger partial charge in [0.1, 0.15) is 11.5 Å². The van der Waals surface area contributed by atoms with Crippen molar-refractivity contribution in [2.24, 2.45) is 0 Å². The predicted molar refractivity (Wildman–Crippen MR) is 175 cm³/mol. The molecule has 0 aliphatic rings. The Morgan fingerprint density at radius 3 is 1.43 bits per heavy atom. The number of hydrogen-bond acceptors (Lipinski definition) is 6. The van der Waals surface area contributed by atoms with Crippen LogP contribution in [0.2, 0.25) is 0 Å². The zero-order chi connectivity index (χ0) is 36.0. The first-order chi connectivity index (χ1) is 23.1. The summed E-state index contributed by atoms with van der Waals surface area (Å²) in [4.78, 5) is 24.7. The van der Waals surface area contributed by atoms with E-state index in [1.165, 1.54) is 23.5 Å². The van der Waals surface area contributed by atoms with E-state index in [4.69, 9.17) is 9.47 Å². The number of thioether (sulfide) groups is 2. The highest BCUT2D eigenvalue weighted by Gasteiger charge is 2.31. The first-order valence-electron chi connectivity index (χ1n) is 14.6. The van der Waals surface area contributed by atoms with Gasteiger partial charge >= 0.3 is 24.3 Å². The normalized spacial score (nSPS) is 12.6. The second-order valence-corrected chi connectivity index (χ2v) is 12.6. The van der Waals surface area contributed by atoms with Gasteiger partial charge in [-0.05, 0) is 79.2 Å². The van der Waals surface area contributed by atoms with Gasteiger partial charge in [-0.2, -0.15) is 26.3 Å². The van der Waals surface area contributed by atoms with Gasteiger partial charge in [0.05, 0.1) is 11.1 Å². The summed E-state index contributed by atoms with van der Waals surface area (Å²) in [5.41, 5.74) is -0.508. The molecule has 0 fully saturated rings. The molecule has 262 valence electrons. The van der Waals surface area contributed by atoms with Crippen molar-refractivity contribution in [1.29, 1.82) is 0 Å². The van der Waals surface area contributed by atoms with E-state index >= 15 is 0 Å². The van der Waals surface area contributed by atoms with Crippen molar-refractivity contribution in [3.8, 4) is 11.5 Å². The van der Waals surface area contributed by atoms with Gasteiger partial charge in [0.25, 0.3) is 0 Å². The summed E-state index contributed by atoms with van der Waals surface area (Å²) in [6.07, 6.45) is -10.6. The minimum Gasteiger partial charge on any atom is -0.479 e. The minimum absolute atomic E-state index is 0.0973. The summed E-state index contributed by atoms with van der Waals surface area (Å²) in [6, 6.07) is 25.2. The van der Waals surface area contributed by atoms with E-state index in [9.17, 15) is 46.1 Å². The molecule has 6 nitrogen and oxygen atoms in total. The Morgan fingerprint density at radius 2 is 1.02 bits per heavy atom. The Hall–Kier alpha value is -4.30. The van der Waals surface area contributed by atoms with Gasteiger partial charge in [-0.1, -0.05) is 36.4 Å². The molecule has 0 aliphatic carbocycles. The van der Waals surface area contributed by atoms with Crippen molar-refractivity contribution in [2.75, 3.05) is 11.5 Å². The number of hydrogen-bond donors (Lipinski definition) is 2. The van der Waals surface area contributed by atoms with Gasteiger partial charge in [0.2, 0.25) is 0 Å². The first kappa shape index (κ1) is 39.1. The third-order valence-electron chi connectivity index (χ3n) is 6.59. The number of halogens is 6. The third-order valence-corrected chi connectivity index (χ3v) is 8.85. The molecule has 0 spiro atoms. The van der Waals surface area contributed by atoms with E-state index in [0.717, 1.165) is 63.9 Å². The van der Waals surface area contributed by atoms with Crippen LogP contribution in [0.15, 0.2) is 113 Å². The van der Waals surface area contributed by atoms with E-state index in [1.54, 1.807) is 0 Å². The molecular weight excluding hydrogens is 695 g/mol. The van der Waals surface area contributed by atoms with Crippen LogP contribution in [-0.2, 0) is 21.9 Å². The standard InChI is InChI=1S/C18H17F3O3S.C17H15F3O3S/c1-12-4-2-3-5-16(12)25-11-10-15(17(22)23)24-14-8-6-13(7-9-14)18(19,20)21;18-17(19,20)12-6-8-13(9-7-12)23-15(16(21)22)10-11-24-14-4-2-1-3-5-14/h2-9,15H,10-11H2,1H3,(H,22,23);1-9,15H,10-11H2,(H,21,22)/t15-;/m0./s1. The molecule has 0 saturated carbocycles. The molecule has 49 heavy (non-hydrogen) atoms. The fraction of sp³-hybridized carbons (Fsp3) is 0.257. The van der Waals surface area contributed by atoms with E-state index in [0.29, 0.717) is 11.5 Å². The van der Waals surface area contributed by atoms with Gasteiger partial charge in [-0.25, -0.2) is 9.59 Å². The first-order valence-corrected chi connectivity index (χ1v) is 16.6. The number of carboxylic acids is 2. The Balaban J connectivity index is 0.000000266. The number of alkyl halides is 6. The number of carbonyl (C=O) groups is 2. The van der Waals surface area contributed by atoms with Gasteiger partial charge in [-0.15, -0.1) is 23.5 Å². The molecule has 0 radical (unpaired) electrons. The van der Waals surface area contributed by atoms with Crippen LogP contribution in [0.5, 0.6) is 11.5 Å². The van der Waals surface area contributed by atoms with Crippen molar-refractivity contribution in [3.63, 3.8) is 0 Å². The molecule has 2 N–H and O–H groups in total. The van der Waals surface area contributed by atoms with Crippen molar-refractivity contribution in [1.82, 2.24) is 0 Å². The largest absolute Gasteiger partial charge is 0.479 e. The molecule has 14 heteroatoms. The quantitative estimate of drug-likeness (QED) is 0.0981. The number of carboxylic acid groups (broad SMARTS) is 2. The molecule has 4 aromatic carbocycles. The number of ether oxygens (including phenoxy) is 2. The smallest absolute Gasteiger partial charge is 0.416 e. The van der Waals surface area contributed by atoms with E-state index in [-0.39, 0.29) is 24.3 Å². The lowest BCUT2D eigenvalue weighted by molar-refractivity contribution is -0.146. The second-order valence-electron chi connectivity index (χ2n) is 10.3. The van der Waals surface area contributed by atoms with Crippen LogP contribution >= 0.6 is 23.5 Å². The molecule has 4 rings (SSSR count). The monoisotopic (exact) mass is 726 g/mol. The highest BCUT2D eigenvalue weighted by molar-refractivity contribution is 7.99. The Morgan fingerprint density at radius 1 is 0.612 bits per heavy atom. The highest BCUT2D eigenvalue weighted by Crippen LogP contribution is 2.32. The Labute approximate surface area is 287 Å². The molecule has 0 heterocycles. The van der Waals surface area contributed by atoms with Crippen molar-refractivity contribution >= 4 is 35.5 Å². The van der Waals surface area contributed by atoms with Gasteiger partial charge in [-0.3, -0.25) is 0 Å². The van der Waals surface area contributed by atoms with E-state index < -0.39 is 47.6 Å². The summed E-state index contributed by atoms with van der Waals surface area (Å²) in [5.74, 6) is -1.07. The van der Waals surface area contributed by atoms with E-state index in [2.05, 4.69) is 0 Å². The maximum absolute atomic E-state index is 12.5. The van der Waals surface area contributed by atoms with Crippen LogP contribution in [0.3, 0.4) is 0 Å². The van der Waals surface area contributed by atoms with Gasteiger partial charge in [0, 0.05) is 34.1 Å². The lowest BCUT2D eigenvalue weighted by Gasteiger charge is -2.16. The average molecular weight is 727 g/mol. The van der Waals surface area contributed by atoms with Crippen LogP contribution < -0.4 is 9.47 Å². The van der Waals surface area contributed by atoms with Crippen molar-refractivity contribution < 1.29 is 55.6 Å². The molecule has 0 aromatic heterocycles. The topological polar surface area (TPSA) is 93.1 Å².